The van der Waals surface area contributed by atoms with Crippen LogP contribution in [-0.4, -0.2) is 17.3 Å². The predicted molar refractivity (Wildman–Crippen MR) is 64.4 cm³/mol. The highest BCUT2D eigenvalue weighted by molar-refractivity contribution is 6.45. The van der Waals surface area contributed by atoms with Crippen LogP contribution in [-0.2, 0) is 4.74 Å². The Balaban J connectivity index is 2.63. The quantitative estimate of drug-likeness (QED) is 0.775. The lowest BCUT2D eigenvalue weighted by Gasteiger charge is -2.05. The molecule has 0 aliphatic heterocycles. The molecule has 1 aromatic carbocycles. The summed E-state index contributed by atoms with van der Waals surface area (Å²) in [5.74, 6) is 0. The van der Waals surface area contributed by atoms with Crippen LogP contribution in [0.4, 0.5) is 4.79 Å². The van der Waals surface area contributed by atoms with Gasteiger partial charge in [0, 0.05) is 11.6 Å². The molecule has 0 bridgehead atoms. The first-order valence-corrected chi connectivity index (χ1v) is 5.53. The van der Waals surface area contributed by atoms with Crippen LogP contribution in [0.25, 0.3) is 10.9 Å². The lowest BCUT2D eigenvalue weighted by atomic mass is 10.2. The Morgan fingerprint density at radius 2 is 2.12 bits per heavy atom. The maximum atomic E-state index is 11.6. The highest BCUT2D eigenvalue weighted by Crippen LogP contribution is 2.31. The molecule has 16 heavy (non-hydrogen) atoms. The molecule has 0 saturated carbocycles. The van der Waals surface area contributed by atoms with Crippen molar-refractivity contribution in [1.29, 1.82) is 0 Å². The average Bonchev–Trinajstić information content (AvgIpc) is 2.68. The highest BCUT2D eigenvalue weighted by Gasteiger charge is 2.13. The maximum absolute atomic E-state index is 11.6. The fraction of sp³-hybridized carbons (Fsp3) is 0.182. The largest absolute Gasteiger partial charge is 0.449 e. The van der Waals surface area contributed by atoms with Gasteiger partial charge in [-0.05, 0) is 19.1 Å². The fourth-order valence-corrected chi connectivity index (χ4v) is 1.92. The summed E-state index contributed by atoms with van der Waals surface area (Å²) < 4.78 is 6.27. The van der Waals surface area contributed by atoms with E-state index in [0.29, 0.717) is 22.2 Å². The zero-order valence-corrected chi connectivity index (χ0v) is 10.0. The number of halogens is 2. The van der Waals surface area contributed by atoms with Gasteiger partial charge in [0.2, 0.25) is 0 Å². The number of hydrogen-bond acceptors (Lipinski definition) is 2. The lowest BCUT2D eigenvalue weighted by molar-refractivity contribution is 0.155. The van der Waals surface area contributed by atoms with E-state index in [1.807, 2.05) is 0 Å². The van der Waals surface area contributed by atoms with Crippen molar-refractivity contribution in [2.75, 3.05) is 6.61 Å². The number of carbonyl (C=O) groups excluding carboxylic acids is 1. The van der Waals surface area contributed by atoms with E-state index in [-0.39, 0.29) is 0 Å². The second kappa shape index (κ2) is 4.36. The molecule has 0 N–H and O–H groups in total. The van der Waals surface area contributed by atoms with Crippen molar-refractivity contribution in [1.82, 2.24) is 4.57 Å². The maximum Gasteiger partial charge on any atom is 0.418 e. The van der Waals surface area contributed by atoms with Crippen LogP contribution < -0.4 is 0 Å². The van der Waals surface area contributed by atoms with Crippen LogP contribution in [0.15, 0.2) is 24.4 Å². The molecule has 0 saturated heterocycles. The van der Waals surface area contributed by atoms with Gasteiger partial charge in [0.05, 0.1) is 22.2 Å². The second-order valence-corrected chi connectivity index (χ2v) is 3.97. The van der Waals surface area contributed by atoms with E-state index in [1.54, 1.807) is 31.3 Å². The third-order valence-electron chi connectivity index (χ3n) is 2.21. The van der Waals surface area contributed by atoms with Crippen LogP contribution in [0.1, 0.15) is 6.92 Å². The van der Waals surface area contributed by atoms with Gasteiger partial charge in [-0.2, -0.15) is 0 Å². The Bertz CT molecular complexity index is 548. The number of fused-ring (bicyclic) bond motifs is 1. The zero-order chi connectivity index (χ0) is 11.7. The normalized spacial score (nSPS) is 10.7. The van der Waals surface area contributed by atoms with E-state index < -0.39 is 6.09 Å². The smallest absolute Gasteiger partial charge is 0.418 e. The number of nitrogens with zero attached hydrogens (tertiary/aromatic N) is 1. The number of hydrogen-bond donors (Lipinski definition) is 0. The van der Waals surface area contributed by atoms with Gasteiger partial charge in [-0.25, -0.2) is 4.79 Å². The first kappa shape index (κ1) is 11.3. The summed E-state index contributed by atoms with van der Waals surface area (Å²) in [6.45, 7) is 2.06. The van der Waals surface area contributed by atoms with Crippen molar-refractivity contribution in [3.8, 4) is 0 Å². The first-order chi connectivity index (χ1) is 7.65. The summed E-state index contributed by atoms with van der Waals surface area (Å²) in [7, 11) is 0. The molecule has 5 heteroatoms. The minimum Gasteiger partial charge on any atom is -0.449 e. The van der Waals surface area contributed by atoms with Crippen LogP contribution in [0.3, 0.4) is 0 Å². The van der Waals surface area contributed by atoms with E-state index in [9.17, 15) is 4.79 Å². The van der Waals surface area contributed by atoms with Gasteiger partial charge >= 0.3 is 6.09 Å². The van der Waals surface area contributed by atoms with Crippen LogP contribution in [0.2, 0.25) is 10.0 Å². The minimum atomic E-state index is -0.457. The number of carbonyl (C=O) groups is 1. The average molecular weight is 258 g/mol. The molecule has 3 nitrogen and oxygen atoms in total. The van der Waals surface area contributed by atoms with Crippen molar-refractivity contribution in [3.63, 3.8) is 0 Å². The van der Waals surface area contributed by atoms with Crippen molar-refractivity contribution in [3.05, 3.63) is 34.4 Å². The van der Waals surface area contributed by atoms with E-state index in [1.165, 1.54) is 4.57 Å². The lowest BCUT2D eigenvalue weighted by Crippen LogP contribution is -2.12. The van der Waals surface area contributed by atoms with Crippen molar-refractivity contribution >= 4 is 40.2 Å². The van der Waals surface area contributed by atoms with Gasteiger partial charge in [0.15, 0.2) is 0 Å². The molecule has 1 aromatic heterocycles. The number of aromatic nitrogens is 1. The van der Waals surface area contributed by atoms with E-state index in [4.69, 9.17) is 27.9 Å². The third-order valence-corrected chi connectivity index (χ3v) is 3.00. The zero-order valence-electron chi connectivity index (χ0n) is 8.54. The Hall–Kier alpha value is -1.19. The second-order valence-electron chi connectivity index (χ2n) is 3.18. The summed E-state index contributed by atoms with van der Waals surface area (Å²) in [5.41, 5.74) is 0.576. The topological polar surface area (TPSA) is 31.2 Å². The summed E-state index contributed by atoms with van der Waals surface area (Å²) in [6, 6.07) is 5.29. The molecule has 2 rings (SSSR count). The summed E-state index contributed by atoms with van der Waals surface area (Å²) in [4.78, 5) is 11.6. The monoisotopic (exact) mass is 257 g/mol. The van der Waals surface area contributed by atoms with Crippen molar-refractivity contribution in [2.24, 2.45) is 0 Å². The molecule has 1 heterocycles. The molecule has 0 spiro atoms. The summed E-state index contributed by atoms with van der Waals surface area (Å²) in [5, 5.41) is 1.62. The molecule has 0 aliphatic carbocycles. The Labute approximate surface area is 103 Å². The molecule has 0 radical (unpaired) electrons. The molecule has 2 aromatic rings. The van der Waals surface area contributed by atoms with E-state index in [0.717, 1.165) is 5.39 Å². The summed E-state index contributed by atoms with van der Waals surface area (Å²) in [6.07, 6.45) is 1.16. The van der Waals surface area contributed by atoms with Gasteiger partial charge in [-0.15, -0.1) is 0 Å². The van der Waals surface area contributed by atoms with Crippen molar-refractivity contribution < 1.29 is 9.53 Å². The molecule has 0 atom stereocenters. The number of rotatable bonds is 1. The molecule has 0 fully saturated rings. The predicted octanol–water partition coefficient (Wildman–Crippen LogP) is 3.95. The first-order valence-electron chi connectivity index (χ1n) is 4.77. The highest BCUT2D eigenvalue weighted by atomic mass is 35.5. The van der Waals surface area contributed by atoms with Crippen LogP contribution in [0.5, 0.6) is 0 Å². The number of ether oxygens (including phenoxy) is 1. The molecule has 84 valence electrons. The van der Waals surface area contributed by atoms with Crippen molar-refractivity contribution in [2.45, 2.75) is 6.92 Å². The SMILES string of the molecule is CCOC(=O)n1ccc2ccc(Cl)c(Cl)c21. The van der Waals surface area contributed by atoms with Gasteiger partial charge in [-0.1, -0.05) is 29.3 Å². The molecular formula is C11H9Cl2NO2. The molecule has 0 aliphatic rings. The van der Waals surface area contributed by atoms with E-state index in [2.05, 4.69) is 0 Å². The third kappa shape index (κ3) is 1.77. The minimum absolute atomic E-state index is 0.316. The van der Waals surface area contributed by atoms with Gasteiger partial charge in [-0.3, -0.25) is 4.57 Å². The fourth-order valence-electron chi connectivity index (χ4n) is 1.51. The Kier molecular flexibility index (Phi) is 3.08. The molecule has 0 amide bonds. The standard InChI is InChI=1S/C11H9Cl2NO2/c1-2-16-11(15)14-6-5-7-3-4-8(12)9(13)10(7)14/h3-6H,2H2,1H3. The van der Waals surface area contributed by atoms with Gasteiger partial charge in [0.1, 0.15) is 0 Å². The van der Waals surface area contributed by atoms with Gasteiger partial charge < -0.3 is 4.74 Å². The van der Waals surface area contributed by atoms with Gasteiger partial charge in [0.25, 0.3) is 0 Å². The Morgan fingerprint density at radius 3 is 2.81 bits per heavy atom. The van der Waals surface area contributed by atoms with Crippen LogP contribution >= 0.6 is 23.2 Å². The molecule has 0 unspecified atom stereocenters. The molecular weight excluding hydrogens is 249 g/mol. The summed E-state index contributed by atoms with van der Waals surface area (Å²) >= 11 is 12.0. The Morgan fingerprint density at radius 1 is 1.38 bits per heavy atom. The van der Waals surface area contributed by atoms with Crippen LogP contribution in [0, 0.1) is 0 Å². The number of benzene rings is 1. The van der Waals surface area contributed by atoms with E-state index >= 15 is 0 Å².